The molecule has 1 saturated carbocycles. The number of nitrogens with one attached hydrogen (secondary N) is 2. The van der Waals surface area contributed by atoms with Gasteiger partial charge in [0, 0.05) is 30.6 Å². The van der Waals surface area contributed by atoms with Crippen LogP contribution in [0.5, 0.6) is 11.5 Å². The third-order valence-corrected chi connectivity index (χ3v) is 7.18. The first kappa shape index (κ1) is 28.1. The van der Waals surface area contributed by atoms with Crippen LogP contribution in [0.1, 0.15) is 54.4 Å². The van der Waals surface area contributed by atoms with Gasteiger partial charge in [0.2, 0.25) is 11.7 Å². The van der Waals surface area contributed by atoms with E-state index in [9.17, 15) is 9.59 Å². The molecule has 2 aromatic carbocycles. The second-order valence-electron chi connectivity index (χ2n) is 10.00. The number of hydrogen-bond donors (Lipinski definition) is 2. The summed E-state index contributed by atoms with van der Waals surface area (Å²) in [6.07, 6.45) is 4.17. The van der Waals surface area contributed by atoms with Crippen LogP contribution < -0.4 is 20.1 Å². The van der Waals surface area contributed by atoms with Gasteiger partial charge >= 0.3 is 11.8 Å². The highest BCUT2D eigenvalue weighted by Gasteiger charge is 2.30. The first-order valence-electron chi connectivity index (χ1n) is 13.2. The SMILES string of the molecule is COc1ccc(-c2noc(C(=O)NCCC(=O)NC3CCC(C(c4ccccc4)N(C)C)CC3)n2)cc1OC. The maximum atomic E-state index is 12.5. The second-order valence-corrected chi connectivity index (χ2v) is 10.00. The Balaban J connectivity index is 1.21. The van der Waals surface area contributed by atoms with E-state index in [1.807, 2.05) is 6.07 Å². The van der Waals surface area contributed by atoms with Crippen molar-refractivity contribution in [3.8, 4) is 22.9 Å². The van der Waals surface area contributed by atoms with Crippen LogP contribution in [-0.2, 0) is 4.79 Å². The van der Waals surface area contributed by atoms with Crippen molar-refractivity contribution in [3.63, 3.8) is 0 Å². The summed E-state index contributed by atoms with van der Waals surface area (Å²) in [5.74, 6) is 1.09. The van der Waals surface area contributed by atoms with E-state index in [0.717, 1.165) is 25.7 Å². The van der Waals surface area contributed by atoms with Gasteiger partial charge in [0.1, 0.15) is 0 Å². The average Bonchev–Trinajstić information content (AvgIpc) is 3.45. The van der Waals surface area contributed by atoms with Gasteiger partial charge < -0.3 is 29.5 Å². The number of rotatable bonds is 11. The fourth-order valence-corrected chi connectivity index (χ4v) is 5.29. The molecule has 1 unspecified atom stereocenters. The molecule has 1 aliphatic carbocycles. The van der Waals surface area contributed by atoms with Crippen molar-refractivity contribution in [2.75, 3.05) is 34.9 Å². The first-order chi connectivity index (χ1) is 18.9. The molecule has 39 heavy (non-hydrogen) atoms. The van der Waals surface area contributed by atoms with Gasteiger partial charge in [-0.15, -0.1) is 0 Å². The minimum absolute atomic E-state index is 0.0810. The molecule has 1 atom stereocenters. The Morgan fingerprint density at radius 1 is 1.03 bits per heavy atom. The normalized spacial score (nSPS) is 17.9. The summed E-state index contributed by atoms with van der Waals surface area (Å²) in [6, 6.07) is 16.3. The molecule has 0 spiro atoms. The first-order valence-corrected chi connectivity index (χ1v) is 13.2. The summed E-state index contributed by atoms with van der Waals surface area (Å²) in [4.78, 5) is 31.5. The molecule has 208 valence electrons. The van der Waals surface area contributed by atoms with Gasteiger partial charge in [-0.2, -0.15) is 4.98 Å². The van der Waals surface area contributed by atoms with E-state index in [-0.39, 0.29) is 36.6 Å². The van der Waals surface area contributed by atoms with Crippen LogP contribution in [-0.4, -0.2) is 67.8 Å². The smallest absolute Gasteiger partial charge is 0.316 e. The van der Waals surface area contributed by atoms with Crippen LogP contribution in [0.3, 0.4) is 0 Å². The molecule has 0 bridgehead atoms. The zero-order chi connectivity index (χ0) is 27.8. The molecule has 1 heterocycles. The number of carbonyl (C=O) groups excluding carboxylic acids is 2. The number of aromatic nitrogens is 2. The lowest BCUT2D eigenvalue weighted by Gasteiger charge is -2.37. The van der Waals surface area contributed by atoms with Gasteiger partial charge in [-0.25, -0.2) is 0 Å². The standard InChI is InChI=1S/C29H37N5O5/c1-34(2)26(19-8-6-5-7-9-19)20-10-13-22(14-11-20)31-25(35)16-17-30-28(36)29-32-27(33-39-29)21-12-15-23(37-3)24(18-21)38-4/h5-9,12,15,18,20,22,26H,10-11,13-14,16-17H2,1-4H3,(H,30,36)(H,31,35). The molecular weight excluding hydrogens is 498 g/mol. The van der Waals surface area contributed by atoms with Crippen molar-refractivity contribution in [2.24, 2.45) is 5.92 Å². The molecule has 2 amide bonds. The van der Waals surface area contributed by atoms with Gasteiger partial charge in [0.15, 0.2) is 11.5 Å². The van der Waals surface area contributed by atoms with Crippen LogP contribution in [0.4, 0.5) is 0 Å². The van der Waals surface area contributed by atoms with Gasteiger partial charge in [0.25, 0.3) is 0 Å². The summed E-state index contributed by atoms with van der Waals surface area (Å²) in [7, 11) is 7.34. The van der Waals surface area contributed by atoms with E-state index in [0.29, 0.717) is 29.0 Å². The summed E-state index contributed by atoms with van der Waals surface area (Å²) in [6.45, 7) is 0.171. The largest absolute Gasteiger partial charge is 0.493 e. The molecule has 1 fully saturated rings. The van der Waals surface area contributed by atoms with Gasteiger partial charge in [-0.1, -0.05) is 35.5 Å². The van der Waals surface area contributed by atoms with Crippen LogP contribution in [0.2, 0.25) is 0 Å². The van der Waals surface area contributed by atoms with Gasteiger partial charge in [-0.3, -0.25) is 9.59 Å². The van der Waals surface area contributed by atoms with Gasteiger partial charge in [0.05, 0.1) is 14.2 Å². The summed E-state index contributed by atoms with van der Waals surface area (Å²) in [5, 5.41) is 9.69. The number of methoxy groups -OCH3 is 2. The lowest BCUT2D eigenvalue weighted by atomic mass is 9.78. The van der Waals surface area contributed by atoms with Crippen molar-refractivity contribution in [1.82, 2.24) is 25.7 Å². The van der Waals surface area contributed by atoms with E-state index in [1.165, 1.54) is 12.7 Å². The summed E-state index contributed by atoms with van der Waals surface area (Å²) in [5.41, 5.74) is 1.95. The zero-order valence-corrected chi connectivity index (χ0v) is 23.0. The monoisotopic (exact) mass is 535 g/mol. The maximum Gasteiger partial charge on any atom is 0.316 e. The average molecular weight is 536 g/mol. The Bertz CT molecular complexity index is 1240. The molecular formula is C29H37N5O5. The predicted molar refractivity (Wildman–Crippen MR) is 147 cm³/mol. The van der Waals surface area contributed by atoms with Crippen molar-refractivity contribution in [3.05, 3.63) is 60.0 Å². The third-order valence-electron chi connectivity index (χ3n) is 7.18. The maximum absolute atomic E-state index is 12.5. The summed E-state index contributed by atoms with van der Waals surface area (Å²) >= 11 is 0. The molecule has 3 aromatic rings. The fourth-order valence-electron chi connectivity index (χ4n) is 5.29. The molecule has 2 N–H and O–H groups in total. The lowest BCUT2D eigenvalue weighted by molar-refractivity contribution is -0.122. The number of amides is 2. The van der Waals surface area contributed by atoms with E-state index in [1.54, 1.807) is 25.3 Å². The van der Waals surface area contributed by atoms with Crippen LogP contribution in [0.25, 0.3) is 11.4 Å². The van der Waals surface area contributed by atoms with E-state index in [2.05, 4.69) is 64.0 Å². The Morgan fingerprint density at radius 3 is 2.41 bits per heavy atom. The van der Waals surface area contributed by atoms with Crippen molar-refractivity contribution < 1.29 is 23.6 Å². The molecule has 10 heteroatoms. The zero-order valence-electron chi connectivity index (χ0n) is 23.0. The fraction of sp³-hybridized carbons (Fsp3) is 0.448. The molecule has 4 rings (SSSR count). The Morgan fingerprint density at radius 2 is 1.74 bits per heavy atom. The number of benzene rings is 2. The van der Waals surface area contributed by atoms with Crippen molar-refractivity contribution >= 4 is 11.8 Å². The second kappa shape index (κ2) is 13.2. The highest BCUT2D eigenvalue weighted by molar-refractivity contribution is 5.90. The Labute approximate surface area is 229 Å². The van der Waals surface area contributed by atoms with Crippen molar-refractivity contribution in [1.29, 1.82) is 0 Å². The molecule has 0 aliphatic heterocycles. The Kier molecular flexibility index (Phi) is 9.54. The number of ether oxygens (including phenoxy) is 2. The topological polar surface area (TPSA) is 119 Å². The van der Waals surface area contributed by atoms with E-state index < -0.39 is 5.91 Å². The van der Waals surface area contributed by atoms with Crippen LogP contribution in [0.15, 0.2) is 53.1 Å². The lowest BCUT2D eigenvalue weighted by Crippen LogP contribution is -2.41. The van der Waals surface area contributed by atoms with Gasteiger partial charge in [-0.05, 0) is 69.5 Å². The van der Waals surface area contributed by atoms with Crippen LogP contribution in [0, 0.1) is 5.92 Å². The highest BCUT2D eigenvalue weighted by atomic mass is 16.5. The number of carbonyl (C=O) groups is 2. The molecule has 0 saturated heterocycles. The quantitative estimate of drug-likeness (QED) is 0.380. The van der Waals surface area contributed by atoms with E-state index >= 15 is 0 Å². The molecule has 0 radical (unpaired) electrons. The number of nitrogens with zero attached hydrogens (tertiary/aromatic N) is 3. The predicted octanol–water partition coefficient (Wildman–Crippen LogP) is 3.85. The van der Waals surface area contributed by atoms with Crippen molar-refractivity contribution in [2.45, 2.75) is 44.2 Å². The minimum Gasteiger partial charge on any atom is -0.493 e. The molecule has 10 nitrogen and oxygen atoms in total. The summed E-state index contributed by atoms with van der Waals surface area (Å²) < 4.78 is 15.6. The Hall–Kier alpha value is -3.92. The highest BCUT2D eigenvalue weighted by Crippen LogP contribution is 2.37. The minimum atomic E-state index is -0.529. The third kappa shape index (κ3) is 7.14. The number of hydrogen-bond acceptors (Lipinski definition) is 8. The molecule has 1 aliphatic rings. The molecule has 1 aromatic heterocycles. The van der Waals surface area contributed by atoms with Crippen LogP contribution >= 0.6 is 0 Å². The van der Waals surface area contributed by atoms with E-state index in [4.69, 9.17) is 14.0 Å².